The topological polar surface area (TPSA) is 95.9 Å². The van der Waals surface area contributed by atoms with Crippen molar-refractivity contribution in [2.45, 2.75) is 44.1 Å². The Morgan fingerprint density at radius 2 is 1.76 bits per heavy atom. The molecule has 0 atom stereocenters. The number of nitrogens with one attached hydrogen (secondary N) is 1. The van der Waals surface area contributed by atoms with Crippen LogP contribution in [0, 0.1) is 5.92 Å². The van der Waals surface area contributed by atoms with Crippen molar-refractivity contribution in [3.05, 3.63) is 0 Å². The van der Waals surface area contributed by atoms with E-state index in [0.29, 0.717) is 38.8 Å². The van der Waals surface area contributed by atoms with Gasteiger partial charge in [-0.3, -0.25) is 4.79 Å². The molecule has 0 unspecified atom stereocenters. The fourth-order valence-corrected chi connectivity index (χ4v) is 3.14. The van der Waals surface area contributed by atoms with Crippen molar-refractivity contribution in [3.8, 4) is 0 Å². The molecule has 2 fully saturated rings. The first-order chi connectivity index (χ1) is 9.98. The van der Waals surface area contributed by atoms with Gasteiger partial charge in [0.1, 0.15) is 5.54 Å². The zero-order chi connectivity index (χ0) is 15.5. The summed E-state index contributed by atoms with van der Waals surface area (Å²) in [6.45, 7) is 0.891. The van der Waals surface area contributed by atoms with Gasteiger partial charge in [0.2, 0.25) is 0 Å². The molecule has 1 aliphatic heterocycles. The molecule has 0 radical (unpaired) electrons. The number of ether oxygens (including phenoxy) is 1. The predicted octanol–water partition coefficient (Wildman–Crippen LogP) is 0.978. The van der Waals surface area contributed by atoms with Crippen molar-refractivity contribution in [2.24, 2.45) is 5.92 Å². The zero-order valence-corrected chi connectivity index (χ0v) is 12.3. The molecule has 0 bridgehead atoms. The van der Waals surface area contributed by atoms with Crippen molar-refractivity contribution in [1.82, 2.24) is 10.2 Å². The molecular weight excluding hydrogens is 276 g/mol. The summed E-state index contributed by atoms with van der Waals surface area (Å²) in [7, 11) is 1.36. The first-order valence-corrected chi connectivity index (χ1v) is 7.37. The van der Waals surface area contributed by atoms with Gasteiger partial charge in [0, 0.05) is 13.1 Å². The van der Waals surface area contributed by atoms with Crippen LogP contribution < -0.4 is 5.32 Å². The zero-order valence-electron chi connectivity index (χ0n) is 12.3. The molecule has 2 rings (SSSR count). The second-order valence-corrected chi connectivity index (χ2v) is 5.81. The van der Waals surface area contributed by atoms with Gasteiger partial charge in [0.05, 0.1) is 13.0 Å². The highest BCUT2D eigenvalue weighted by Crippen LogP contribution is 2.30. The summed E-state index contributed by atoms with van der Waals surface area (Å²) in [6, 6.07) is -0.345. The number of rotatable bonds is 3. The van der Waals surface area contributed by atoms with E-state index in [2.05, 4.69) is 5.32 Å². The first-order valence-electron chi connectivity index (χ1n) is 7.37. The molecule has 2 N–H and O–H groups in total. The minimum Gasteiger partial charge on any atom is -0.480 e. The van der Waals surface area contributed by atoms with Gasteiger partial charge in [-0.2, -0.15) is 0 Å². The summed E-state index contributed by atoms with van der Waals surface area (Å²) in [6.07, 6.45) is 3.70. The second-order valence-electron chi connectivity index (χ2n) is 5.81. The molecule has 0 aromatic heterocycles. The maximum atomic E-state index is 12.2. The molecule has 21 heavy (non-hydrogen) atoms. The summed E-state index contributed by atoms with van der Waals surface area (Å²) in [5.41, 5.74) is -1.11. The van der Waals surface area contributed by atoms with Crippen molar-refractivity contribution in [1.29, 1.82) is 0 Å². The SMILES string of the molecule is COC(=O)C1CCN(C(=O)NC2(C(=O)O)CCCC2)CC1. The number of carbonyl (C=O) groups excluding carboxylic acids is 2. The third-order valence-corrected chi connectivity index (χ3v) is 4.53. The number of hydrogen-bond acceptors (Lipinski definition) is 4. The fourth-order valence-electron chi connectivity index (χ4n) is 3.14. The lowest BCUT2D eigenvalue weighted by Gasteiger charge is -2.34. The molecule has 1 aliphatic carbocycles. The normalized spacial score (nSPS) is 21.9. The standard InChI is InChI=1S/C14H22N2O5/c1-21-11(17)10-4-8-16(9-5-10)13(20)15-14(12(18)19)6-2-3-7-14/h10H,2-9H2,1H3,(H,15,20)(H,18,19). The Balaban J connectivity index is 1.90. The molecule has 0 aromatic rings. The van der Waals surface area contributed by atoms with E-state index in [1.807, 2.05) is 0 Å². The third kappa shape index (κ3) is 3.28. The molecule has 2 amide bonds. The number of piperidine rings is 1. The van der Waals surface area contributed by atoms with E-state index in [4.69, 9.17) is 4.74 Å². The molecular formula is C14H22N2O5. The number of amides is 2. The second kappa shape index (κ2) is 6.32. The number of hydrogen-bond donors (Lipinski definition) is 2. The van der Waals surface area contributed by atoms with Crippen LogP contribution in [-0.2, 0) is 14.3 Å². The van der Waals surface area contributed by atoms with Crippen molar-refractivity contribution in [3.63, 3.8) is 0 Å². The number of urea groups is 1. The average Bonchev–Trinajstić information content (AvgIpc) is 2.96. The van der Waals surface area contributed by atoms with E-state index >= 15 is 0 Å². The van der Waals surface area contributed by atoms with Crippen LogP contribution >= 0.6 is 0 Å². The van der Waals surface area contributed by atoms with Crippen LogP contribution in [0.1, 0.15) is 38.5 Å². The fraction of sp³-hybridized carbons (Fsp3) is 0.786. The Labute approximate surface area is 123 Å². The third-order valence-electron chi connectivity index (χ3n) is 4.53. The molecule has 1 saturated heterocycles. The highest BCUT2D eigenvalue weighted by atomic mass is 16.5. The van der Waals surface area contributed by atoms with Gasteiger partial charge in [-0.05, 0) is 25.7 Å². The van der Waals surface area contributed by atoms with Gasteiger partial charge < -0.3 is 20.1 Å². The van der Waals surface area contributed by atoms with E-state index in [-0.39, 0.29) is 17.9 Å². The number of esters is 1. The Morgan fingerprint density at radius 3 is 2.24 bits per heavy atom. The maximum Gasteiger partial charge on any atom is 0.329 e. The first kappa shape index (κ1) is 15.6. The summed E-state index contributed by atoms with van der Waals surface area (Å²) in [5, 5.41) is 12.1. The summed E-state index contributed by atoms with van der Waals surface area (Å²) >= 11 is 0. The number of nitrogens with zero attached hydrogens (tertiary/aromatic N) is 1. The van der Waals surface area contributed by atoms with Crippen LogP contribution in [0.25, 0.3) is 0 Å². The van der Waals surface area contributed by atoms with Crippen LogP contribution in [0.4, 0.5) is 4.79 Å². The Bertz CT molecular complexity index is 423. The van der Waals surface area contributed by atoms with Crippen molar-refractivity contribution in [2.75, 3.05) is 20.2 Å². The number of methoxy groups -OCH3 is 1. The van der Waals surface area contributed by atoms with Crippen LogP contribution in [0.3, 0.4) is 0 Å². The highest BCUT2D eigenvalue weighted by Gasteiger charge is 2.43. The maximum absolute atomic E-state index is 12.2. The molecule has 0 spiro atoms. The predicted molar refractivity (Wildman–Crippen MR) is 73.7 cm³/mol. The molecule has 2 aliphatic rings. The summed E-state index contributed by atoms with van der Waals surface area (Å²) < 4.78 is 4.70. The number of carbonyl (C=O) groups is 3. The van der Waals surface area contributed by atoms with Gasteiger partial charge in [-0.25, -0.2) is 9.59 Å². The number of carboxylic acids is 1. The molecule has 0 aromatic carbocycles. The van der Waals surface area contributed by atoms with Crippen LogP contribution in [0.15, 0.2) is 0 Å². The van der Waals surface area contributed by atoms with Gasteiger partial charge in [0.25, 0.3) is 0 Å². The summed E-state index contributed by atoms with van der Waals surface area (Å²) in [4.78, 5) is 36.7. The van der Waals surface area contributed by atoms with E-state index in [0.717, 1.165) is 12.8 Å². The Morgan fingerprint density at radius 1 is 1.19 bits per heavy atom. The molecule has 1 heterocycles. The monoisotopic (exact) mass is 298 g/mol. The van der Waals surface area contributed by atoms with Gasteiger partial charge in [0.15, 0.2) is 0 Å². The lowest BCUT2D eigenvalue weighted by Crippen LogP contribution is -2.57. The number of likely N-dealkylation sites (tertiary alicyclic amines) is 1. The quantitative estimate of drug-likeness (QED) is 0.757. The highest BCUT2D eigenvalue weighted by molar-refractivity contribution is 5.86. The van der Waals surface area contributed by atoms with Crippen LogP contribution in [0.5, 0.6) is 0 Å². The average molecular weight is 298 g/mol. The van der Waals surface area contributed by atoms with Crippen molar-refractivity contribution < 1.29 is 24.2 Å². The van der Waals surface area contributed by atoms with Crippen LogP contribution in [-0.4, -0.2) is 53.7 Å². The van der Waals surface area contributed by atoms with E-state index in [9.17, 15) is 19.5 Å². The van der Waals surface area contributed by atoms with Gasteiger partial charge in [-0.1, -0.05) is 12.8 Å². The smallest absolute Gasteiger partial charge is 0.329 e. The van der Waals surface area contributed by atoms with Gasteiger partial charge in [-0.15, -0.1) is 0 Å². The largest absolute Gasteiger partial charge is 0.480 e. The molecule has 7 heteroatoms. The molecule has 7 nitrogen and oxygen atoms in total. The number of carboxylic acid groups (broad SMARTS) is 1. The van der Waals surface area contributed by atoms with E-state index in [1.165, 1.54) is 7.11 Å². The number of aliphatic carboxylic acids is 1. The molecule has 118 valence electrons. The Kier molecular flexibility index (Phi) is 4.69. The minimum atomic E-state index is -1.11. The lowest BCUT2D eigenvalue weighted by molar-refractivity contribution is -0.146. The van der Waals surface area contributed by atoms with Gasteiger partial charge >= 0.3 is 18.0 Å². The lowest BCUT2D eigenvalue weighted by atomic mass is 9.96. The minimum absolute atomic E-state index is 0.168. The van der Waals surface area contributed by atoms with E-state index < -0.39 is 11.5 Å². The summed E-state index contributed by atoms with van der Waals surface area (Å²) in [5.74, 6) is -1.37. The van der Waals surface area contributed by atoms with Crippen LogP contribution in [0.2, 0.25) is 0 Å². The molecule has 1 saturated carbocycles. The van der Waals surface area contributed by atoms with Crippen molar-refractivity contribution >= 4 is 18.0 Å². The van der Waals surface area contributed by atoms with E-state index in [1.54, 1.807) is 4.90 Å². The Hall–Kier alpha value is -1.79.